The molecule has 0 bridgehead atoms. The average molecular weight is 207 g/mol. The third-order valence-electron chi connectivity index (χ3n) is 3.10. The van der Waals surface area contributed by atoms with Gasteiger partial charge in [-0.3, -0.25) is 10.1 Å². The molecule has 1 aliphatic rings. The summed E-state index contributed by atoms with van der Waals surface area (Å²) in [6.07, 6.45) is 5.24. The molecule has 1 N–H and O–H groups in total. The summed E-state index contributed by atoms with van der Waals surface area (Å²) in [5.41, 5.74) is -0.545. The molecule has 1 aromatic rings. The quantitative estimate of drug-likeness (QED) is 0.826. The minimum absolute atomic E-state index is 0.269. The van der Waals surface area contributed by atoms with Gasteiger partial charge in [-0.2, -0.15) is 0 Å². The largest absolute Gasteiger partial charge is 0.467 e. The van der Waals surface area contributed by atoms with Gasteiger partial charge in [0, 0.05) is 6.42 Å². The van der Waals surface area contributed by atoms with Gasteiger partial charge in [-0.25, -0.2) is 0 Å². The number of furan rings is 1. The summed E-state index contributed by atoms with van der Waals surface area (Å²) in [6, 6.07) is 3.74. The van der Waals surface area contributed by atoms with Gasteiger partial charge < -0.3 is 4.42 Å². The number of hydrogen-bond donors (Lipinski definition) is 1. The summed E-state index contributed by atoms with van der Waals surface area (Å²) in [6.45, 7) is 2.80. The molecule has 1 fully saturated rings. The average Bonchev–Trinajstić information content (AvgIpc) is 2.75. The van der Waals surface area contributed by atoms with Crippen molar-refractivity contribution >= 4 is 5.78 Å². The van der Waals surface area contributed by atoms with Crippen LogP contribution in [0.15, 0.2) is 22.8 Å². The second-order valence-corrected chi connectivity index (χ2v) is 4.04. The molecule has 0 radical (unpaired) electrons. The Morgan fingerprint density at radius 3 is 3.00 bits per heavy atom. The van der Waals surface area contributed by atoms with Gasteiger partial charge in [0.25, 0.3) is 0 Å². The Morgan fingerprint density at radius 2 is 2.40 bits per heavy atom. The molecule has 0 aliphatic heterocycles. The Bertz CT molecular complexity index is 327. The monoisotopic (exact) mass is 207 g/mol. The standard InChI is InChI=1S/C12H17NO2/c1-2-13-12(11-7-5-9-15-11)8-4-3-6-10(12)14/h5,7,9,13H,2-4,6,8H2,1H3/t12-/m1/s1. The van der Waals surface area contributed by atoms with Crippen molar-refractivity contribution in [2.45, 2.75) is 38.1 Å². The predicted octanol–water partition coefficient (Wildman–Crippen LogP) is 2.23. The first-order chi connectivity index (χ1) is 7.29. The molecule has 1 aromatic heterocycles. The molecule has 0 spiro atoms. The third kappa shape index (κ3) is 1.72. The number of hydrogen-bond acceptors (Lipinski definition) is 3. The van der Waals surface area contributed by atoms with Crippen LogP contribution < -0.4 is 5.32 Å². The Kier molecular flexibility index (Phi) is 2.91. The number of carbonyl (C=O) groups excluding carboxylic acids is 1. The Hall–Kier alpha value is -1.09. The molecule has 1 aliphatic carbocycles. The van der Waals surface area contributed by atoms with Crippen LogP contribution in [0.3, 0.4) is 0 Å². The molecule has 0 saturated heterocycles. The van der Waals surface area contributed by atoms with Crippen LogP contribution in [0, 0.1) is 0 Å². The van der Waals surface area contributed by atoms with Gasteiger partial charge >= 0.3 is 0 Å². The van der Waals surface area contributed by atoms with Crippen molar-refractivity contribution in [2.24, 2.45) is 0 Å². The van der Waals surface area contributed by atoms with Gasteiger partial charge in [0.05, 0.1) is 6.26 Å². The highest BCUT2D eigenvalue weighted by Crippen LogP contribution is 2.34. The molecular formula is C12H17NO2. The van der Waals surface area contributed by atoms with E-state index in [1.54, 1.807) is 6.26 Å². The van der Waals surface area contributed by atoms with Crippen molar-refractivity contribution in [3.05, 3.63) is 24.2 Å². The van der Waals surface area contributed by atoms with Gasteiger partial charge in [-0.1, -0.05) is 13.3 Å². The van der Waals surface area contributed by atoms with Crippen molar-refractivity contribution in [1.82, 2.24) is 5.32 Å². The van der Waals surface area contributed by atoms with Crippen LogP contribution in [0.4, 0.5) is 0 Å². The maximum Gasteiger partial charge on any atom is 0.160 e. The number of likely N-dealkylation sites (N-methyl/N-ethyl adjacent to an activating group) is 1. The van der Waals surface area contributed by atoms with Crippen LogP contribution in [-0.2, 0) is 10.3 Å². The van der Waals surface area contributed by atoms with E-state index in [1.165, 1.54) is 0 Å². The number of Topliss-reactive ketones (excluding diaryl/α,β-unsaturated/α-hetero) is 1. The zero-order valence-corrected chi connectivity index (χ0v) is 9.08. The van der Waals surface area contributed by atoms with E-state index in [1.807, 2.05) is 19.1 Å². The molecule has 0 amide bonds. The van der Waals surface area contributed by atoms with Crippen LogP contribution in [-0.4, -0.2) is 12.3 Å². The smallest absolute Gasteiger partial charge is 0.160 e. The normalized spacial score (nSPS) is 26.9. The highest BCUT2D eigenvalue weighted by Gasteiger charge is 2.42. The van der Waals surface area contributed by atoms with E-state index in [2.05, 4.69) is 5.32 Å². The van der Waals surface area contributed by atoms with E-state index in [4.69, 9.17) is 4.42 Å². The number of ketones is 1. The lowest BCUT2D eigenvalue weighted by Crippen LogP contribution is -2.50. The summed E-state index contributed by atoms with van der Waals surface area (Å²) in [4.78, 5) is 12.1. The summed E-state index contributed by atoms with van der Waals surface area (Å²) in [5, 5.41) is 3.31. The maximum atomic E-state index is 12.1. The van der Waals surface area contributed by atoms with Crippen molar-refractivity contribution in [2.75, 3.05) is 6.54 Å². The first kappa shape index (κ1) is 10.4. The van der Waals surface area contributed by atoms with Crippen LogP contribution in [0.2, 0.25) is 0 Å². The fourth-order valence-electron chi connectivity index (χ4n) is 2.39. The van der Waals surface area contributed by atoms with E-state index >= 15 is 0 Å². The van der Waals surface area contributed by atoms with Crippen LogP contribution in [0.25, 0.3) is 0 Å². The highest BCUT2D eigenvalue weighted by molar-refractivity contribution is 5.89. The fourth-order valence-corrected chi connectivity index (χ4v) is 2.39. The number of nitrogens with one attached hydrogen (secondary N) is 1. The Balaban J connectivity index is 2.34. The summed E-state index contributed by atoms with van der Waals surface area (Å²) < 4.78 is 5.42. The minimum atomic E-state index is -0.545. The third-order valence-corrected chi connectivity index (χ3v) is 3.10. The van der Waals surface area contributed by atoms with Crippen molar-refractivity contribution in [3.63, 3.8) is 0 Å². The van der Waals surface area contributed by atoms with Crippen LogP contribution in [0.1, 0.15) is 38.4 Å². The van der Waals surface area contributed by atoms with E-state index in [0.29, 0.717) is 6.42 Å². The van der Waals surface area contributed by atoms with Crippen LogP contribution >= 0.6 is 0 Å². The van der Waals surface area contributed by atoms with E-state index in [0.717, 1.165) is 31.6 Å². The highest BCUT2D eigenvalue weighted by atomic mass is 16.3. The summed E-state index contributed by atoms with van der Waals surface area (Å²) >= 11 is 0. The maximum absolute atomic E-state index is 12.1. The molecule has 0 unspecified atom stereocenters. The molecule has 1 atom stereocenters. The van der Waals surface area contributed by atoms with Gasteiger partial charge in [0.1, 0.15) is 11.3 Å². The minimum Gasteiger partial charge on any atom is -0.467 e. The molecule has 2 rings (SSSR count). The van der Waals surface area contributed by atoms with Crippen molar-refractivity contribution < 1.29 is 9.21 Å². The van der Waals surface area contributed by atoms with Crippen molar-refractivity contribution in [1.29, 1.82) is 0 Å². The van der Waals surface area contributed by atoms with Gasteiger partial charge in [-0.15, -0.1) is 0 Å². The SMILES string of the molecule is CCN[C@]1(c2ccco2)CCCCC1=O. The topological polar surface area (TPSA) is 42.2 Å². The molecule has 3 heteroatoms. The number of carbonyl (C=O) groups is 1. The molecule has 82 valence electrons. The first-order valence-corrected chi connectivity index (χ1v) is 5.62. The van der Waals surface area contributed by atoms with E-state index < -0.39 is 5.54 Å². The number of rotatable bonds is 3. The Labute approximate surface area is 89.9 Å². The van der Waals surface area contributed by atoms with E-state index in [-0.39, 0.29) is 5.78 Å². The zero-order chi connectivity index (χ0) is 10.7. The molecule has 3 nitrogen and oxygen atoms in total. The first-order valence-electron chi connectivity index (χ1n) is 5.62. The second kappa shape index (κ2) is 4.19. The molecule has 15 heavy (non-hydrogen) atoms. The zero-order valence-electron chi connectivity index (χ0n) is 9.08. The fraction of sp³-hybridized carbons (Fsp3) is 0.583. The lowest BCUT2D eigenvalue weighted by atomic mass is 9.78. The Morgan fingerprint density at radius 1 is 1.53 bits per heavy atom. The molecule has 0 aromatic carbocycles. The van der Waals surface area contributed by atoms with Crippen LogP contribution in [0.5, 0.6) is 0 Å². The summed E-state index contributed by atoms with van der Waals surface area (Å²) in [7, 11) is 0. The second-order valence-electron chi connectivity index (χ2n) is 4.04. The van der Waals surface area contributed by atoms with Gasteiger partial charge in [-0.05, 0) is 31.5 Å². The van der Waals surface area contributed by atoms with Crippen molar-refractivity contribution in [3.8, 4) is 0 Å². The van der Waals surface area contributed by atoms with Gasteiger partial charge in [0.15, 0.2) is 5.78 Å². The lowest BCUT2D eigenvalue weighted by molar-refractivity contribution is -0.128. The molecule has 1 heterocycles. The van der Waals surface area contributed by atoms with Gasteiger partial charge in [0.2, 0.25) is 0 Å². The molecular weight excluding hydrogens is 190 g/mol. The predicted molar refractivity (Wildman–Crippen MR) is 57.5 cm³/mol. The van der Waals surface area contributed by atoms with E-state index in [9.17, 15) is 4.79 Å². The molecule has 1 saturated carbocycles. The lowest BCUT2D eigenvalue weighted by Gasteiger charge is -2.34. The summed E-state index contributed by atoms with van der Waals surface area (Å²) in [5.74, 6) is 1.04.